The van der Waals surface area contributed by atoms with Gasteiger partial charge in [-0.05, 0) is 44.4 Å². The first-order valence-electron chi connectivity index (χ1n) is 12.6. The van der Waals surface area contributed by atoms with Gasteiger partial charge in [-0.3, -0.25) is 9.78 Å². The predicted molar refractivity (Wildman–Crippen MR) is 140 cm³/mol. The van der Waals surface area contributed by atoms with Crippen molar-refractivity contribution in [3.05, 3.63) is 54.7 Å². The van der Waals surface area contributed by atoms with Crippen LogP contribution in [0, 0.1) is 0 Å². The number of benzene rings is 1. The molecule has 4 heterocycles. The summed E-state index contributed by atoms with van der Waals surface area (Å²) in [6, 6.07) is 7.84. The van der Waals surface area contributed by atoms with Crippen LogP contribution in [0.15, 0.2) is 49.1 Å². The van der Waals surface area contributed by atoms with E-state index in [4.69, 9.17) is 4.74 Å². The average molecular weight is 518 g/mol. The highest BCUT2D eigenvalue weighted by Gasteiger charge is 2.41. The lowest BCUT2D eigenvalue weighted by molar-refractivity contribution is 0.0555. The maximum Gasteiger partial charge on any atom is 0.407 e. The standard InChI is InChI=1S/C26H28FN9O2/c1-14(2)31-26(37)38-21-7-5-17(23(21)27)19-11-22(34-33-19)32-25-24-18(13-30-36(24)9-8-28-25)15-4-6-20-16(10-15)12-29-35(20)3/h4,6,8-14,17,21,23H,5,7H2,1-3H3,(H,31,37)(H2,28,32,33,34)/t17-,21-,23-/m0/s1. The number of carbonyl (C=O) groups excluding carboxylic acids is 1. The number of nitrogens with one attached hydrogen (secondary N) is 3. The van der Waals surface area contributed by atoms with Gasteiger partial charge in [0.15, 0.2) is 11.6 Å². The molecule has 0 radical (unpaired) electrons. The molecule has 0 saturated heterocycles. The van der Waals surface area contributed by atoms with Crippen LogP contribution in [-0.4, -0.2) is 59.0 Å². The number of fused-ring (bicyclic) bond motifs is 2. The van der Waals surface area contributed by atoms with Crippen LogP contribution in [0.3, 0.4) is 0 Å². The van der Waals surface area contributed by atoms with E-state index in [9.17, 15) is 4.79 Å². The van der Waals surface area contributed by atoms with Gasteiger partial charge >= 0.3 is 6.09 Å². The molecule has 11 nitrogen and oxygen atoms in total. The van der Waals surface area contributed by atoms with Crippen molar-refractivity contribution in [2.45, 2.75) is 50.9 Å². The van der Waals surface area contributed by atoms with Crippen LogP contribution in [0.25, 0.3) is 27.5 Å². The molecule has 1 amide bonds. The van der Waals surface area contributed by atoms with Crippen molar-refractivity contribution in [2.24, 2.45) is 7.05 Å². The lowest BCUT2D eigenvalue weighted by Crippen LogP contribution is -2.36. The van der Waals surface area contributed by atoms with E-state index in [1.54, 1.807) is 29.2 Å². The van der Waals surface area contributed by atoms with E-state index in [1.807, 2.05) is 43.9 Å². The summed E-state index contributed by atoms with van der Waals surface area (Å²) in [7, 11) is 1.91. The number of aromatic nitrogens is 7. The summed E-state index contributed by atoms with van der Waals surface area (Å²) in [4.78, 5) is 16.5. The van der Waals surface area contributed by atoms with E-state index in [0.29, 0.717) is 30.2 Å². The molecule has 1 saturated carbocycles. The molecule has 3 N–H and O–H groups in total. The number of hydrogen-bond acceptors (Lipinski definition) is 7. The number of anilines is 2. The number of aryl methyl sites for hydroxylation is 1. The molecule has 5 aromatic rings. The number of amides is 1. The lowest BCUT2D eigenvalue weighted by Gasteiger charge is -2.18. The van der Waals surface area contributed by atoms with Gasteiger partial charge in [0, 0.05) is 54.1 Å². The predicted octanol–water partition coefficient (Wildman–Crippen LogP) is 4.47. The number of nitrogens with zero attached hydrogens (tertiary/aromatic N) is 6. The number of halogens is 1. The number of H-pyrrole nitrogens is 1. The van der Waals surface area contributed by atoms with E-state index in [1.165, 1.54) is 0 Å². The lowest BCUT2D eigenvalue weighted by atomic mass is 10.0. The van der Waals surface area contributed by atoms with Gasteiger partial charge in [-0.25, -0.2) is 18.7 Å². The maximum absolute atomic E-state index is 15.2. The number of alkyl halides is 1. The Bertz CT molecular complexity index is 1620. The Morgan fingerprint density at radius 1 is 1.21 bits per heavy atom. The van der Waals surface area contributed by atoms with Gasteiger partial charge in [-0.1, -0.05) is 6.07 Å². The molecule has 38 heavy (non-hydrogen) atoms. The summed E-state index contributed by atoms with van der Waals surface area (Å²) in [5, 5.41) is 23.1. The summed E-state index contributed by atoms with van der Waals surface area (Å²) < 4.78 is 24.1. The Hall–Kier alpha value is -4.48. The fourth-order valence-electron chi connectivity index (χ4n) is 5.07. The minimum absolute atomic E-state index is 0.0772. The van der Waals surface area contributed by atoms with Gasteiger partial charge in [-0.2, -0.15) is 15.3 Å². The van der Waals surface area contributed by atoms with Crippen molar-refractivity contribution < 1.29 is 13.9 Å². The van der Waals surface area contributed by atoms with Crippen molar-refractivity contribution >= 4 is 34.1 Å². The second kappa shape index (κ2) is 9.43. The molecule has 1 fully saturated rings. The normalized spacial score (nSPS) is 19.4. The molecule has 0 aliphatic heterocycles. The van der Waals surface area contributed by atoms with Gasteiger partial charge in [-0.15, -0.1) is 0 Å². The van der Waals surface area contributed by atoms with E-state index in [2.05, 4.69) is 42.1 Å². The highest BCUT2D eigenvalue weighted by molar-refractivity contribution is 5.93. The SMILES string of the molecule is CC(C)NC(=O)O[C@H]1CC[C@@H](c2cc(Nc3nccn4ncc(-c5ccc6c(cnn6C)c5)c34)n[nH]2)[C@@H]1F. The number of alkyl carbamates (subject to hydrolysis) is 1. The summed E-state index contributed by atoms with van der Waals surface area (Å²) in [6.07, 6.45) is 5.34. The first-order chi connectivity index (χ1) is 18.4. The van der Waals surface area contributed by atoms with Crippen molar-refractivity contribution in [2.75, 3.05) is 5.32 Å². The second-order valence-corrected chi connectivity index (χ2v) is 9.87. The third kappa shape index (κ3) is 4.31. The minimum Gasteiger partial charge on any atom is -0.443 e. The zero-order valence-corrected chi connectivity index (χ0v) is 21.2. The molecular formula is C26H28FN9O2. The van der Waals surface area contributed by atoms with Gasteiger partial charge in [0.1, 0.15) is 17.8 Å². The molecule has 4 aromatic heterocycles. The van der Waals surface area contributed by atoms with E-state index < -0.39 is 24.3 Å². The second-order valence-electron chi connectivity index (χ2n) is 9.87. The first-order valence-corrected chi connectivity index (χ1v) is 12.6. The monoisotopic (exact) mass is 517 g/mol. The fourth-order valence-corrected chi connectivity index (χ4v) is 5.07. The number of aromatic amines is 1. The van der Waals surface area contributed by atoms with Crippen LogP contribution in [-0.2, 0) is 11.8 Å². The van der Waals surface area contributed by atoms with Crippen molar-refractivity contribution in [3.8, 4) is 11.1 Å². The van der Waals surface area contributed by atoms with Crippen LogP contribution in [0.1, 0.15) is 38.3 Å². The first kappa shape index (κ1) is 23.9. The quantitative estimate of drug-likeness (QED) is 0.303. The smallest absolute Gasteiger partial charge is 0.407 e. The van der Waals surface area contributed by atoms with Crippen molar-refractivity contribution in [1.82, 2.24) is 39.9 Å². The number of carbonyl (C=O) groups is 1. The van der Waals surface area contributed by atoms with Crippen LogP contribution < -0.4 is 10.6 Å². The molecule has 6 rings (SSSR count). The van der Waals surface area contributed by atoms with Crippen LogP contribution >= 0.6 is 0 Å². The van der Waals surface area contributed by atoms with Gasteiger partial charge in [0.25, 0.3) is 0 Å². The minimum atomic E-state index is -1.33. The third-order valence-electron chi connectivity index (χ3n) is 6.90. The van der Waals surface area contributed by atoms with Crippen molar-refractivity contribution in [1.29, 1.82) is 0 Å². The molecule has 1 aliphatic rings. The number of rotatable bonds is 6. The van der Waals surface area contributed by atoms with Crippen LogP contribution in [0.2, 0.25) is 0 Å². The summed E-state index contributed by atoms with van der Waals surface area (Å²) in [5.41, 5.74) is 4.35. The third-order valence-corrected chi connectivity index (χ3v) is 6.90. The van der Waals surface area contributed by atoms with Gasteiger partial charge in [0.2, 0.25) is 0 Å². The fraction of sp³-hybridized carbons (Fsp3) is 0.346. The highest BCUT2D eigenvalue weighted by Crippen LogP contribution is 2.39. The van der Waals surface area contributed by atoms with Crippen LogP contribution in [0.4, 0.5) is 20.8 Å². The van der Waals surface area contributed by atoms with Crippen LogP contribution in [0.5, 0.6) is 0 Å². The molecule has 0 unspecified atom stereocenters. The molecule has 12 heteroatoms. The largest absolute Gasteiger partial charge is 0.443 e. The molecule has 3 atom stereocenters. The molecule has 1 aromatic carbocycles. The average Bonchev–Trinajstić information content (AvgIpc) is 3.67. The Balaban J connectivity index is 1.23. The van der Waals surface area contributed by atoms with Crippen molar-refractivity contribution in [3.63, 3.8) is 0 Å². The number of ether oxygens (including phenoxy) is 1. The Kier molecular flexibility index (Phi) is 5.93. The molecule has 0 spiro atoms. The summed E-state index contributed by atoms with van der Waals surface area (Å²) in [5.74, 6) is 0.624. The topological polar surface area (TPSA) is 127 Å². The Labute approximate surface area is 217 Å². The molecule has 0 bridgehead atoms. The maximum atomic E-state index is 15.2. The Morgan fingerprint density at radius 2 is 2.08 bits per heavy atom. The molecule has 196 valence electrons. The summed E-state index contributed by atoms with van der Waals surface area (Å²) in [6.45, 7) is 3.65. The van der Waals surface area contributed by atoms with Gasteiger partial charge < -0.3 is 15.4 Å². The Morgan fingerprint density at radius 3 is 2.92 bits per heavy atom. The highest BCUT2D eigenvalue weighted by atomic mass is 19.1. The van der Waals surface area contributed by atoms with E-state index in [-0.39, 0.29) is 6.04 Å². The molecular weight excluding hydrogens is 489 g/mol. The molecule has 1 aliphatic carbocycles. The van der Waals surface area contributed by atoms with E-state index in [0.717, 1.165) is 27.5 Å². The zero-order valence-electron chi connectivity index (χ0n) is 21.2. The zero-order chi connectivity index (χ0) is 26.4. The van der Waals surface area contributed by atoms with E-state index >= 15 is 4.39 Å². The number of hydrogen-bond donors (Lipinski definition) is 3. The summed E-state index contributed by atoms with van der Waals surface area (Å²) >= 11 is 0. The van der Waals surface area contributed by atoms with Gasteiger partial charge in [0.05, 0.1) is 17.9 Å².